The van der Waals surface area contributed by atoms with Crippen LogP contribution in [0.25, 0.3) is 0 Å². The summed E-state index contributed by atoms with van der Waals surface area (Å²) in [6.07, 6.45) is 1.56. The molecule has 2 heterocycles. The maximum Gasteiger partial charge on any atom is 0.340 e. The molecule has 2 aromatic rings. The molecule has 2 aliphatic heterocycles. The van der Waals surface area contributed by atoms with E-state index in [-0.39, 0.29) is 30.3 Å². The van der Waals surface area contributed by atoms with Crippen molar-refractivity contribution in [1.82, 2.24) is 5.32 Å². The Morgan fingerprint density at radius 1 is 1.20 bits per heavy atom. The molecule has 0 radical (unpaired) electrons. The number of hydrogen-bond acceptors (Lipinski definition) is 6. The normalized spacial score (nSPS) is 23.6. The number of carbonyl (C=O) groups excluding carboxylic acids is 3. The molecule has 0 fully saturated rings. The van der Waals surface area contributed by atoms with Crippen LogP contribution < -0.4 is 10.1 Å². The molecule has 2 N–H and O–H groups in total. The van der Waals surface area contributed by atoms with Crippen LogP contribution in [0.2, 0.25) is 0 Å². The lowest BCUT2D eigenvalue weighted by atomic mass is 9.72. The van der Waals surface area contributed by atoms with Gasteiger partial charge in [-0.15, -0.1) is 0 Å². The third-order valence-electron chi connectivity index (χ3n) is 5.79. The quantitative estimate of drug-likeness (QED) is 0.588. The van der Waals surface area contributed by atoms with Crippen molar-refractivity contribution in [1.29, 1.82) is 0 Å². The summed E-state index contributed by atoms with van der Waals surface area (Å²) in [6.45, 7) is 2.29. The molecular weight excluding hydrogens is 386 g/mol. The molecule has 152 valence electrons. The number of ketones is 1. The van der Waals surface area contributed by atoms with Crippen molar-refractivity contribution in [3.05, 3.63) is 70.3 Å². The number of carbonyl (C=O) groups is 3. The highest BCUT2D eigenvalue weighted by molar-refractivity contribution is 6.01. The maximum absolute atomic E-state index is 12.9. The molecule has 0 saturated heterocycles. The number of phenols is 1. The average Bonchev–Trinajstić information content (AvgIpc) is 3.00. The van der Waals surface area contributed by atoms with Crippen molar-refractivity contribution in [2.45, 2.75) is 31.5 Å². The van der Waals surface area contributed by atoms with E-state index in [1.54, 1.807) is 24.3 Å². The Bertz CT molecular complexity index is 1150. The summed E-state index contributed by atoms with van der Waals surface area (Å²) >= 11 is 0. The summed E-state index contributed by atoms with van der Waals surface area (Å²) in [7, 11) is 0. The van der Waals surface area contributed by atoms with Crippen LogP contribution in [0.15, 0.2) is 48.0 Å². The topological polar surface area (TPSA) is 102 Å². The maximum atomic E-state index is 12.9. The molecule has 30 heavy (non-hydrogen) atoms. The second-order valence-electron chi connectivity index (χ2n) is 7.58. The highest BCUT2D eigenvalue weighted by Crippen LogP contribution is 2.55. The van der Waals surface area contributed by atoms with Crippen molar-refractivity contribution in [2.24, 2.45) is 0 Å². The second kappa shape index (κ2) is 6.45. The fourth-order valence-corrected chi connectivity index (χ4v) is 4.53. The fourth-order valence-electron chi connectivity index (χ4n) is 4.53. The summed E-state index contributed by atoms with van der Waals surface area (Å²) in [5.74, 6) is -0.422. The van der Waals surface area contributed by atoms with E-state index >= 15 is 0 Å². The van der Waals surface area contributed by atoms with E-state index in [4.69, 9.17) is 9.47 Å². The van der Waals surface area contributed by atoms with E-state index in [1.165, 1.54) is 18.2 Å². The Morgan fingerprint density at radius 3 is 2.80 bits per heavy atom. The van der Waals surface area contributed by atoms with Gasteiger partial charge in [-0.1, -0.05) is 12.1 Å². The van der Waals surface area contributed by atoms with Crippen molar-refractivity contribution >= 4 is 17.7 Å². The lowest BCUT2D eigenvalue weighted by Crippen LogP contribution is -2.45. The monoisotopic (exact) mass is 405 g/mol. The molecule has 0 aromatic heterocycles. The molecule has 1 spiro atoms. The Hall–Kier alpha value is -3.61. The lowest BCUT2D eigenvalue weighted by molar-refractivity contribution is -0.120. The molecule has 7 nitrogen and oxygen atoms in total. The zero-order valence-electron chi connectivity index (χ0n) is 16.2. The van der Waals surface area contributed by atoms with Crippen LogP contribution in [0.1, 0.15) is 51.6 Å². The van der Waals surface area contributed by atoms with Crippen LogP contribution >= 0.6 is 0 Å². The zero-order chi connectivity index (χ0) is 21.0. The number of phenolic OH excluding ortho intramolecular Hbond substituents is 1. The Balaban J connectivity index is 1.75. The van der Waals surface area contributed by atoms with Crippen LogP contribution in [-0.2, 0) is 15.1 Å². The molecule has 0 bridgehead atoms. The number of Topliss-reactive ketones (excluding diaryl/α,β-unsaturated/α-hetero) is 1. The van der Waals surface area contributed by atoms with Crippen LogP contribution in [0.4, 0.5) is 0 Å². The number of amides is 1. The van der Waals surface area contributed by atoms with Gasteiger partial charge < -0.3 is 19.9 Å². The number of nitrogens with one attached hydrogen (secondary N) is 1. The molecule has 1 aliphatic carbocycles. The van der Waals surface area contributed by atoms with Crippen LogP contribution in [-0.4, -0.2) is 35.4 Å². The van der Waals surface area contributed by atoms with E-state index in [0.717, 1.165) is 0 Å². The Kier molecular flexibility index (Phi) is 3.96. The van der Waals surface area contributed by atoms with Gasteiger partial charge in [0.25, 0.3) is 5.91 Å². The van der Waals surface area contributed by atoms with Crippen molar-refractivity contribution in [2.75, 3.05) is 6.54 Å². The third-order valence-corrected chi connectivity index (χ3v) is 5.79. The van der Waals surface area contributed by atoms with Crippen molar-refractivity contribution < 1.29 is 29.0 Å². The summed E-state index contributed by atoms with van der Waals surface area (Å²) in [6, 6.07) is 9.55. The van der Waals surface area contributed by atoms with Gasteiger partial charge in [0.1, 0.15) is 23.4 Å². The minimum Gasteiger partial charge on any atom is -0.508 e. The first kappa shape index (κ1) is 18.4. The highest BCUT2D eigenvalue weighted by atomic mass is 16.6. The first-order chi connectivity index (χ1) is 14.4. The van der Waals surface area contributed by atoms with Gasteiger partial charge in [-0.2, -0.15) is 0 Å². The summed E-state index contributed by atoms with van der Waals surface area (Å²) in [5.41, 5.74) is 1.29. The minimum atomic E-state index is -1.25. The number of hydrogen-bond donors (Lipinski definition) is 2. The third kappa shape index (κ3) is 2.48. The fraction of sp³-hybridized carbons (Fsp3) is 0.261. The molecule has 5 rings (SSSR count). The summed E-state index contributed by atoms with van der Waals surface area (Å²) < 4.78 is 12.0. The zero-order valence-corrected chi connectivity index (χ0v) is 16.2. The Labute approximate surface area is 172 Å². The van der Waals surface area contributed by atoms with Gasteiger partial charge >= 0.3 is 5.97 Å². The smallest absolute Gasteiger partial charge is 0.340 e. The number of benzene rings is 2. The van der Waals surface area contributed by atoms with E-state index in [1.807, 2.05) is 6.92 Å². The molecule has 3 aliphatic rings. The predicted molar refractivity (Wildman–Crippen MR) is 105 cm³/mol. The van der Waals surface area contributed by atoms with E-state index in [9.17, 15) is 19.5 Å². The van der Waals surface area contributed by atoms with E-state index in [2.05, 4.69) is 5.32 Å². The number of rotatable bonds is 2. The molecule has 2 unspecified atom stereocenters. The highest BCUT2D eigenvalue weighted by Gasteiger charge is 2.56. The second-order valence-corrected chi connectivity index (χ2v) is 7.58. The molecule has 1 amide bonds. The van der Waals surface area contributed by atoms with Crippen LogP contribution in [0.3, 0.4) is 0 Å². The van der Waals surface area contributed by atoms with Gasteiger partial charge in [-0.25, -0.2) is 4.79 Å². The van der Waals surface area contributed by atoms with E-state index < -0.39 is 17.7 Å². The van der Waals surface area contributed by atoms with E-state index in [0.29, 0.717) is 40.1 Å². The van der Waals surface area contributed by atoms with Crippen molar-refractivity contribution in [3.63, 3.8) is 0 Å². The SMILES string of the molecule is CCNC(=O)c1ccc2c(c1)C(=O)OC21C2=CCC(=O)CC2Oc2cc(O)ccc21. The molecular formula is C23H19NO6. The first-order valence-corrected chi connectivity index (χ1v) is 9.82. The number of fused-ring (bicyclic) bond motifs is 6. The standard InChI is InChI=1S/C23H19NO6/c1-2-24-21(27)12-3-6-16-15(9-12)22(28)30-23(16)17-7-4-13(25)10-19(17)29-20-11-14(26)5-8-18(20)23/h3-4,6-10,20,25H,2,5,11H2,1H3,(H,24,27). The first-order valence-electron chi connectivity index (χ1n) is 9.82. The van der Waals surface area contributed by atoms with Crippen LogP contribution in [0.5, 0.6) is 11.5 Å². The Morgan fingerprint density at radius 2 is 2.00 bits per heavy atom. The lowest BCUT2D eigenvalue weighted by Gasteiger charge is -2.42. The van der Waals surface area contributed by atoms with Gasteiger partial charge in [-0.05, 0) is 31.2 Å². The molecule has 7 heteroatoms. The van der Waals surface area contributed by atoms with Gasteiger partial charge in [0.2, 0.25) is 0 Å². The summed E-state index contributed by atoms with van der Waals surface area (Å²) in [4.78, 5) is 37.3. The van der Waals surface area contributed by atoms with Gasteiger partial charge in [0.05, 0.1) is 5.56 Å². The van der Waals surface area contributed by atoms with Gasteiger partial charge in [0.15, 0.2) is 5.60 Å². The molecule has 2 aromatic carbocycles. The number of aromatic hydroxyl groups is 1. The number of allylic oxidation sites excluding steroid dienone is 1. The minimum absolute atomic E-state index is 0.00889. The predicted octanol–water partition coefficient (Wildman–Crippen LogP) is 2.61. The largest absolute Gasteiger partial charge is 0.508 e. The van der Waals surface area contributed by atoms with Gasteiger partial charge in [0, 0.05) is 47.7 Å². The number of esters is 1. The molecule has 2 atom stereocenters. The van der Waals surface area contributed by atoms with Gasteiger partial charge in [-0.3, -0.25) is 9.59 Å². The molecule has 0 saturated carbocycles. The summed E-state index contributed by atoms with van der Waals surface area (Å²) in [5, 5.41) is 12.7. The average molecular weight is 405 g/mol. The van der Waals surface area contributed by atoms with Crippen LogP contribution in [0, 0.1) is 0 Å². The van der Waals surface area contributed by atoms with Crippen molar-refractivity contribution in [3.8, 4) is 11.5 Å². The number of ether oxygens (including phenoxy) is 2.